The Morgan fingerprint density at radius 1 is 1.11 bits per heavy atom. The number of hydrogen-bond acceptors (Lipinski definition) is 5. The molecule has 1 aromatic heterocycles. The molecule has 8 nitrogen and oxygen atoms in total. The number of nitrogens with zero attached hydrogens (tertiary/aromatic N) is 3. The van der Waals surface area contributed by atoms with Crippen LogP contribution in [0.2, 0.25) is 0 Å². The molecule has 0 aromatic carbocycles. The Balaban J connectivity index is 1.98. The van der Waals surface area contributed by atoms with Gasteiger partial charge in [0.1, 0.15) is 4.92 Å². The van der Waals surface area contributed by atoms with Gasteiger partial charge in [-0.2, -0.15) is 5.10 Å². The second kappa shape index (κ2) is 12.2. The molecule has 0 aliphatic heterocycles. The molecule has 1 rings (SSSR count). The smallest absolute Gasteiger partial charge is 0.400 e. The molecular formula is C19H33N4O4+. The Morgan fingerprint density at radius 2 is 1.70 bits per heavy atom. The van der Waals surface area contributed by atoms with E-state index in [1.54, 1.807) is 0 Å². The predicted molar refractivity (Wildman–Crippen MR) is 106 cm³/mol. The van der Waals surface area contributed by atoms with Gasteiger partial charge >= 0.3 is 5.88 Å². The number of nitrogens with one attached hydrogen (secondary N) is 1. The molecule has 1 N–H and O–H groups in total. The van der Waals surface area contributed by atoms with Crippen molar-refractivity contribution >= 4 is 18.0 Å². The molecule has 1 heterocycles. The lowest BCUT2D eigenvalue weighted by molar-refractivity contribution is -0.870. The number of hydrazone groups is 1. The van der Waals surface area contributed by atoms with Gasteiger partial charge in [0.05, 0.1) is 40.0 Å². The maximum absolute atomic E-state index is 11.7. The second-order valence-corrected chi connectivity index (χ2v) is 7.82. The van der Waals surface area contributed by atoms with Gasteiger partial charge in [0.15, 0.2) is 5.76 Å². The largest absolute Gasteiger partial charge is 0.433 e. The molecule has 1 aromatic rings. The molecule has 0 radical (unpaired) electrons. The number of carbonyl (C=O) groups is 1. The van der Waals surface area contributed by atoms with E-state index in [1.807, 2.05) is 0 Å². The molecule has 0 spiro atoms. The zero-order valence-corrected chi connectivity index (χ0v) is 16.8. The van der Waals surface area contributed by atoms with Gasteiger partial charge in [0, 0.05) is 6.42 Å². The fourth-order valence-corrected chi connectivity index (χ4v) is 2.67. The third kappa shape index (κ3) is 11.9. The van der Waals surface area contributed by atoms with Crippen LogP contribution in [0.5, 0.6) is 0 Å². The maximum Gasteiger partial charge on any atom is 0.433 e. The highest BCUT2D eigenvalue weighted by Crippen LogP contribution is 2.14. The molecule has 0 aliphatic rings. The molecule has 0 unspecified atom stereocenters. The van der Waals surface area contributed by atoms with Crippen LogP contribution in [0.15, 0.2) is 21.7 Å². The minimum atomic E-state index is -0.624. The normalized spacial score (nSPS) is 11.8. The van der Waals surface area contributed by atoms with Crippen molar-refractivity contribution in [3.63, 3.8) is 0 Å². The first-order chi connectivity index (χ1) is 12.8. The molecule has 0 bridgehead atoms. The van der Waals surface area contributed by atoms with Gasteiger partial charge < -0.3 is 8.90 Å². The van der Waals surface area contributed by atoms with Gasteiger partial charge in [0.25, 0.3) is 0 Å². The average molecular weight is 381 g/mol. The fourth-order valence-electron chi connectivity index (χ4n) is 2.67. The average Bonchev–Trinajstić information content (AvgIpc) is 3.05. The Kier molecular flexibility index (Phi) is 10.3. The lowest BCUT2D eigenvalue weighted by atomic mass is 10.1. The van der Waals surface area contributed by atoms with E-state index in [9.17, 15) is 14.9 Å². The minimum Gasteiger partial charge on any atom is -0.400 e. The van der Waals surface area contributed by atoms with Crippen LogP contribution in [0.25, 0.3) is 0 Å². The van der Waals surface area contributed by atoms with Crippen molar-refractivity contribution in [2.45, 2.75) is 57.8 Å². The van der Waals surface area contributed by atoms with E-state index in [0.29, 0.717) is 6.42 Å². The van der Waals surface area contributed by atoms with Crippen LogP contribution in [-0.4, -0.2) is 49.2 Å². The summed E-state index contributed by atoms with van der Waals surface area (Å²) in [6.07, 6.45) is 11.1. The van der Waals surface area contributed by atoms with Crippen molar-refractivity contribution in [2.75, 3.05) is 27.7 Å². The number of carbonyl (C=O) groups excluding carboxylic acids is 1. The molecule has 152 valence electrons. The van der Waals surface area contributed by atoms with Crippen LogP contribution in [0.4, 0.5) is 5.88 Å². The zero-order valence-electron chi connectivity index (χ0n) is 16.8. The Labute approximate surface area is 161 Å². The minimum absolute atomic E-state index is 0.160. The summed E-state index contributed by atoms with van der Waals surface area (Å²) >= 11 is 0. The molecule has 27 heavy (non-hydrogen) atoms. The highest BCUT2D eigenvalue weighted by atomic mass is 16.6. The number of furan rings is 1. The number of unbranched alkanes of at least 4 members (excludes halogenated alkanes) is 7. The van der Waals surface area contributed by atoms with Crippen LogP contribution in [0, 0.1) is 10.1 Å². The van der Waals surface area contributed by atoms with E-state index < -0.39 is 4.92 Å². The van der Waals surface area contributed by atoms with Gasteiger partial charge in [-0.15, -0.1) is 0 Å². The fraction of sp³-hybridized carbons (Fsp3) is 0.684. The Morgan fingerprint density at radius 3 is 2.26 bits per heavy atom. The summed E-state index contributed by atoms with van der Waals surface area (Å²) in [4.78, 5) is 21.5. The van der Waals surface area contributed by atoms with E-state index in [2.05, 4.69) is 31.7 Å². The van der Waals surface area contributed by atoms with Gasteiger partial charge in [0.2, 0.25) is 5.91 Å². The van der Waals surface area contributed by atoms with Crippen molar-refractivity contribution in [3.05, 3.63) is 28.0 Å². The monoisotopic (exact) mass is 381 g/mol. The van der Waals surface area contributed by atoms with E-state index >= 15 is 0 Å². The lowest BCUT2D eigenvalue weighted by Crippen LogP contribution is -2.35. The van der Waals surface area contributed by atoms with E-state index in [0.717, 1.165) is 23.7 Å². The Bertz CT molecular complexity index is 605. The molecule has 0 saturated carbocycles. The van der Waals surface area contributed by atoms with E-state index in [1.165, 1.54) is 57.0 Å². The summed E-state index contributed by atoms with van der Waals surface area (Å²) in [7, 11) is 6.68. The second-order valence-electron chi connectivity index (χ2n) is 7.82. The lowest BCUT2D eigenvalue weighted by Gasteiger charge is -2.23. The van der Waals surface area contributed by atoms with E-state index in [-0.39, 0.29) is 17.6 Å². The number of amides is 1. The van der Waals surface area contributed by atoms with Crippen LogP contribution in [-0.2, 0) is 4.79 Å². The van der Waals surface area contributed by atoms with Gasteiger partial charge in [-0.3, -0.25) is 14.9 Å². The summed E-state index contributed by atoms with van der Waals surface area (Å²) in [5.41, 5.74) is 2.41. The summed E-state index contributed by atoms with van der Waals surface area (Å²) in [6.45, 7) is 1.23. The number of rotatable bonds is 14. The van der Waals surface area contributed by atoms with Crippen molar-refractivity contribution in [3.8, 4) is 0 Å². The predicted octanol–water partition coefficient (Wildman–Crippen LogP) is 3.86. The van der Waals surface area contributed by atoms with Crippen molar-refractivity contribution in [1.82, 2.24) is 5.43 Å². The number of hydrogen-bond donors (Lipinski definition) is 1. The first-order valence-corrected chi connectivity index (χ1v) is 9.64. The highest BCUT2D eigenvalue weighted by molar-refractivity contribution is 5.80. The van der Waals surface area contributed by atoms with Crippen molar-refractivity contribution in [1.29, 1.82) is 0 Å². The van der Waals surface area contributed by atoms with Gasteiger partial charge in [-0.1, -0.05) is 32.1 Å². The summed E-state index contributed by atoms with van der Waals surface area (Å²) in [6, 6.07) is 2.67. The summed E-state index contributed by atoms with van der Waals surface area (Å²) in [5, 5.41) is 14.2. The number of quaternary nitrogens is 1. The SMILES string of the molecule is C[N+](C)(C)CCCCCCCCCCC(=O)N/N=C/c1ccc([N+](=O)[O-])o1. The Hall–Kier alpha value is -2.22. The molecule has 0 aliphatic carbocycles. The van der Waals surface area contributed by atoms with Gasteiger partial charge in [-0.05, 0) is 25.3 Å². The molecular weight excluding hydrogens is 348 g/mol. The summed E-state index contributed by atoms with van der Waals surface area (Å²) < 4.78 is 5.94. The maximum atomic E-state index is 11.7. The zero-order chi connectivity index (χ0) is 20.1. The number of nitro groups is 1. The van der Waals surface area contributed by atoms with Crippen molar-refractivity contribution in [2.24, 2.45) is 5.10 Å². The molecule has 1 amide bonds. The van der Waals surface area contributed by atoms with E-state index in [4.69, 9.17) is 4.42 Å². The molecule has 8 heteroatoms. The summed E-state index contributed by atoms with van der Waals surface area (Å²) in [5.74, 6) is -0.285. The topological polar surface area (TPSA) is 97.7 Å². The standard InChI is InChI=1S/C19H32N4O4/c1-23(2,3)15-11-9-7-5-4-6-8-10-12-18(24)21-20-16-17-13-14-19(27-17)22(25)26/h13-14,16H,4-12,15H2,1-3H3/p+1/b20-16+. The molecule has 0 fully saturated rings. The van der Waals surface area contributed by atoms with Crippen LogP contribution in [0.3, 0.4) is 0 Å². The van der Waals surface area contributed by atoms with Crippen LogP contribution in [0.1, 0.15) is 63.5 Å². The van der Waals surface area contributed by atoms with Gasteiger partial charge in [-0.25, -0.2) is 5.43 Å². The van der Waals surface area contributed by atoms with Crippen LogP contribution < -0.4 is 5.43 Å². The quantitative estimate of drug-likeness (QED) is 0.174. The third-order valence-electron chi connectivity index (χ3n) is 4.16. The molecule has 0 atom stereocenters. The van der Waals surface area contributed by atoms with Crippen LogP contribution >= 0.6 is 0 Å². The first kappa shape index (κ1) is 22.8. The highest BCUT2D eigenvalue weighted by Gasteiger charge is 2.10. The third-order valence-corrected chi connectivity index (χ3v) is 4.16. The molecule has 0 saturated heterocycles. The van der Waals surface area contributed by atoms with Crippen molar-refractivity contribution < 1.29 is 18.6 Å². The first-order valence-electron chi connectivity index (χ1n) is 9.64.